The Labute approximate surface area is 145 Å². The molecule has 1 saturated heterocycles. The fourth-order valence-corrected chi connectivity index (χ4v) is 2.27. The van der Waals surface area contributed by atoms with Gasteiger partial charge in [0.25, 0.3) is 0 Å². The van der Waals surface area contributed by atoms with Crippen molar-refractivity contribution in [3.05, 3.63) is 24.4 Å². The Morgan fingerprint density at radius 2 is 1.42 bits per heavy atom. The second kappa shape index (κ2) is 12.6. The molecule has 0 unspecified atom stereocenters. The van der Waals surface area contributed by atoms with Gasteiger partial charge in [-0.05, 0) is 39.7 Å². The summed E-state index contributed by atoms with van der Waals surface area (Å²) in [5.41, 5.74) is 0. The highest BCUT2D eigenvalue weighted by Crippen LogP contribution is 2.02. The Morgan fingerprint density at radius 1 is 0.875 bits per heavy atom. The maximum atomic E-state index is 11.6. The molecule has 0 aromatic carbocycles. The number of esters is 2. The van der Waals surface area contributed by atoms with Gasteiger partial charge < -0.3 is 19.3 Å². The molecule has 0 saturated carbocycles. The summed E-state index contributed by atoms with van der Waals surface area (Å²) in [5, 5.41) is 0. The Kier molecular flexibility index (Phi) is 10.6. The SMILES string of the molecule is C/C=C/C(=O)OCCCCCCOC(=O)/C=C/N1CCN(C)CC1. The summed E-state index contributed by atoms with van der Waals surface area (Å²) in [6, 6.07) is 0. The second-order valence-corrected chi connectivity index (χ2v) is 5.90. The van der Waals surface area contributed by atoms with Gasteiger partial charge in [0.05, 0.1) is 13.2 Å². The first-order valence-corrected chi connectivity index (χ1v) is 8.69. The minimum atomic E-state index is -0.293. The van der Waals surface area contributed by atoms with E-state index in [1.807, 2.05) is 6.20 Å². The molecule has 1 rings (SSSR count). The van der Waals surface area contributed by atoms with Crippen LogP contribution in [-0.4, -0.2) is 68.2 Å². The molecule has 6 nitrogen and oxygen atoms in total. The first kappa shape index (κ1) is 20.2. The van der Waals surface area contributed by atoms with Gasteiger partial charge in [0.2, 0.25) is 0 Å². The van der Waals surface area contributed by atoms with Gasteiger partial charge in [-0.15, -0.1) is 0 Å². The second-order valence-electron chi connectivity index (χ2n) is 5.90. The maximum absolute atomic E-state index is 11.6. The van der Waals surface area contributed by atoms with Gasteiger partial charge in [-0.3, -0.25) is 0 Å². The van der Waals surface area contributed by atoms with E-state index in [1.54, 1.807) is 13.0 Å². The van der Waals surface area contributed by atoms with Crippen LogP contribution < -0.4 is 0 Å². The number of hydrogen-bond acceptors (Lipinski definition) is 6. The lowest BCUT2D eigenvalue weighted by atomic mass is 10.2. The van der Waals surface area contributed by atoms with Gasteiger partial charge in [0, 0.05) is 44.5 Å². The summed E-state index contributed by atoms with van der Waals surface area (Å²) in [4.78, 5) is 27.1. The highest BCUT2D eigenvalue weighted by atomic mass is 16.5. The highest BCUT2D eigenvalue weighted by Gasteiger charge is 2.10. The summed E-state index contributed by atoms with van der Waals surface area (Å²) in [6.45, 7) is 6.58. The van der Waals surface area contributed by atoms with E-state index >= 15 is 0 Å². The molecule has 136 valence electrons. The molecule has 0 N–H and O–H groups in total. The molecule has 1 heterocycles. The van der Waals surface area contributed by atoms with Crippen LogP contribution in [0.15, 0.2) is 24.4 Å². The summed E-state index contributed by atoms with van der Waals surface area (Å²) >= 11 is 0. The van der Waals surface area contributed by atoms with Gasteiger partial charge in [-0.25, -0.2) is 9.59 Å². The number of carbonyl (C=O) groups excluding carboxylic acids is 2. The van der Waals surface area contributed by atoms with Crippen LogP contribution in [-0.2, 0) is 19.1 Å². The predicted octanol–water partition coefficient (Wildman–Crippen LogP) is 1.97. The van der Waals surface area contributed by atoms with Crippen molar-refractivity contribution in [1.82, 2.24) is 9.80 Å². The lowest BCUT2D eigenvalue weighted by Crippen LogP contribution is -2.41. The number of allylic oxidation sites excluding steroid dienone is 1. The first-order valence-electron chi connectivity index (χ1n) is 8.69. The molecular formula is C18H30N2O4. The fraction of sp³-hybridized carbons (Fsp3) is 0.667. The van der Waals surface area contributed by atoms with Gasteiger partial charge in [0.15, 0.2) is 0 Å². The molecule has 0 radical (unpaired) electrons. The molecule has 0 atom stereocenters. The van der Waals surface area contributed by atoms with Crippen molar-refractivity contribution < 1.29 is 19.1 Å². The van der Waals surface area contributed by atoms with Crippen LogP contribution in [0.4, 0.5) is 0 Å². The molecule has 6 heteroatoms. The Hall–Kier alpha value is -1.82. The van der Waals surface area contributed by atoms with Crippen LogP contribution in [0.25, 0.3) is 0 Å². The van der Waals surface area contributed by atoms with Crippen molar-refractivity contribution in [2.24, 2.45) is 0 Å². The molecule has 0 aliphatic carbocycles. The number of rotatable bonds is 10. The average Bonchev–Trinajstić information content (AvgIpc) is 2.57. The molecule has 0 amide bonds. The Bertz CT molecular complexity index is 427. The Balaban J connectivity index is 1.95. The molecule has 1 fully saturated rings. The van der Waals surface area contributed by atoms with Crippen molar-refractivity contribution in [2.75, 3.05) is 46.4 Å². The number of piperazine rings is 1. The van der Waals surface area contributed by atoms with Crippen LogP contribution in [0.1, 0.15) is 32.6 Å². The number of carbonyl (C=O) groups is 2. The maximum Gasteiger partial charge on any atom is 0.332 e. The molecule has 0 spiro atoms. The highest BCUT2D eigenvalue weighted by molar-refractivity contribution is 5.82. The monoisotopic (exact) mass is 338 g/mol. The van der Waals surface area contributed by atoms with Crippen molar-refractivity contribution in [3.63, 3.8) is 0 Å². The summed E-state index contributed by atoms with van der Waals surface area (Å²) in [6.07, 6.45) is 9.98. The van der Waals surface area contributed by atoms with Gasteiger partial charge in [-0.2, -0.15) is 0 Å². The van der Waals surface area contributed by atoms with Crippen LogP contribution in [0.5, 0.6) is 0 Å². The summed E-state index contributed by atoms with van der Waals surface area (Å²) in [7, 11) is 2.10. The van der Waals surface area contributed by atoms with E-state index in [0.717, 1.165) is 51.9 Å². The van der Waals surface area contributed by atoms with Crippen LogP contribution in [0.3, 0.4) is 0 Å². The normalized spacial score (nSPS) is 16.0. The predicted molar refractivity (Wildman–Crippen MR) is 93.4 cm³/mol. The van der Waals surface area contributed by atoms with Crippen LogP contribution in [0, 0.1) is 0 Å². The smallest absolute Gasteiger partial charge is 0.332 e. The number of unbranched alkanes of at least 4 members (excludes halogenated alkanes) is 3. The van der Waals surface area contributed by atoms with E-state index in [2.05, 4.69) is 16.8 Å². The third kappa shape index (κ3) is 10.0. The molecule has 0 aromatic rings. The largest absolute Gasteiger partial charge is 0.463 e. The third-order valence-electron chi connectivity index (χ3n) is 3.79. The summed E-state index contributed by atoms with van der Waals surface area (Å²) in [5.74, 6) is -0.576. The quantitative estimate of drug-likeness (QED) is 0.345. The minimum absolute atomic E-state index is 0.283. The molecular weight excluding hydrogens is 308 g/mol. The average molecular weight is 338 g/mol. The van der Waals surface area contributed by atoms with Gasteiger partial charge in [0.1, 0.15) is 0 Å². The molecule has 0 aromatic heterocycles. The lowest BCUT2D eigenvalue weighted by molar-refractivity contribution is -0.139. The van der Waals surface area contributed by atoms with E-state index in [1.165, 1.54) is 12.2 Å². The van der Waals surface area contributed by atoms with E-state index in [4.69, 9.17) is 9.47 Å². The van der Waals surface area contributed by atoms with Crippen molar-refractivity contribution >= 4 is 11.9 Å². The zero-order valence-electron chi connectivity index (χ0n) is 14.9. The van der Waals surface area contributed by atoms with Crippen molar-refractivity contribution in [2.45, 2.75) is 32.6 Å². The molecule has 24 heavy (non-hydrogen) atoms. The third-order valence-corrected chi connectivity index (χ3v) is 3.79. The van der Waals surface area contributed by atoms with E-state index in [0.29, 0.717) is 13.2 Å². The van der Waals surface area contributed by atoms with Gasteiger partial charge in [-0.1, -0.05) is 6.08 Å². The van der Waals surface area contributed by atoms with E-state index in [-0.39, 0.29) is 11.9 Å². The van der Waals surface area contributed by atoms with Crippen molar-refractivity contribution in [1.29, 1.82) is 0 Å². The number of ether oxygens (including phenoxy) is 2. The zero-order chi connectivity index (χ0) is 17.6. The zero-order valence-corrected chi connectivity index (χ0v) is 14.9. The van der Waals surface area contributed by atoms with E-state index in [9.17, 15) is 9.59 Å². The summed E-state index contributed by atoms with van der Waals surface area (Å²) < 4.78 is 10.2. The van der Waals surface area contributed by atoms with E-state index < -0.39 is 0 Å². The molecule has 1 aliphatic heterocycles. The number of hydrogen-bond donors (Lipinski definition) is 0. The lowest BCUT2D eigenvalue weighted by Gasteiger charge is -2.31. The van der Waals surface area contributed by atoms with Gasteiger partial charge >= 0.3 is 11.9 Å². The fourth-order valence-electron chi connectivity index (χ4n) is 2.27. The minimum Gasteiger partial charge on any atom is -0.463 e. The number of likely N-dealkylation sites (N-methyl/N-ethyl adjacent to an activating group) is 1. The number of nitrogens with zero attached hydrogens (tertiary/aromatic N) is 2. The molecule has 1 aliphatic rings. The topological polar surface area (TPSA) is 59.1 Å². The standard InChI is InChI=1S/C18H30N2O4/c1-3-8-17(21)23-15-6-4-5-7-16-24-18(22)9-10-20-13-11-19(2)12-14-20/h3,8-10H,4-7,11-16H2,1-2H3/b8-3+,10-9+. The van der Waals surface area contributed by atoms with Crippen LogP contribution in [0.2, 0.25) is 0 Å². The Morgan fingerprint density at radius 3 is 1.96 bits per heavy atom. The first-order chi connectivity index (χ1) is 11.6. The van der Waals surface area contributed by atoms with Crippen molar-refractivity contribution in [3.8, 4) is 0 Å². The van der Waals surface area contributed by atoms with Crippen LogP contribution >= 0.6 is 0 Å². The molecule has 0 bridgehead atoms.